The van der Waals surface area contributed by atoms with Gasteiger partial charge < -0.3 is 5.32 Å². The van der Waals surface area contributed by atoms with Crippen LogP contribution >= 0.6 is 0 Å². The third kappa shape index (κ3) is 3.05. The molecule has 0 fully saturated rings. The van der Waals surface area contributed by atoms with Crippen molar-refractivity contribution in [2.24, 2.45) is 0 Å². The number of aromatic amines is 1. The van der Waals surface area contributed by atoms with Crippen LogP contribution in [0.15, 0.2) is 17.2 Å². The zero-order valence-corrected chi connectivity index (χ0v) is 12.0. The number of hydrogen-bond acceptors (Lipinski definition) is 6. The summed E-state index contributed by atoms with van der Waals surface area (Å²) in [4.78, 5) is 20.0. The van der Waals surface area contributed by atoms with Crippen LogP contribution in [0.5, 0.6) is 0 Å². The number of rotatable bonds is 5. The van der Waals surface area contributed by atoms with E-state index in [9.17, 15) is 4.79 Å². The van der Waals surface area contributed by atoms with E-state index in [-0.39, 0.29) is 17.8 Å². The zero-order chi connectivity index (χ0) is 15.2. The second-order valence-electron chi connectivity index (χ2n) is 4.38. The van der Waals surface area contributed by atoms with Crippen molar-refractivity contribution in [3.05, 3.63) is 45.3 Å². The first-order valence-electron chi connectivity index (χ1n) is 6.75. The lowest BCUT2D eigenvalue weighted by Gasteiger charge is -2.11. The van der Waals surface area contributed by atoms with Gasteiger partial charge in [-0.3, -0.25) is 4.79 Å². The van der Waals surface area contributed by atoms with E-state index < -0.39 is 0 Å². The average Bonchev–Trinajstić information content (AvgIpc) is 2.53. The van der Waals surface area contributed by atoms with Crippen LogP contribution in [-0.4, -0.2) is 20.2 Å². The smallest absolute Gasteiger partial charge is 0.269 e. The Balaban J connectivity index is 2.32. The second kappa shape index (κ2) is 6.61. The molecule has 0 saturated carbocycles. The largest absolute Gasteiger partial charge is 0.363 e. The van der Waals surface area contributed by atoms with Crippen LogP contribution in [0.3, 0.4) is 0 Å². The maximum Gasteiger partial charge on any atom is 0.269 e. The monoisotopic (exact) mass is 284 g/mol. The maximum absolute atomic E-state index is 12.0. The molecule has 7 heteroatoms. The Kier molecular flexibility index (Phi) is 4.61. The molecule has 21 heavy (non-hydrogen) atoms. The van der Waals surface area contributed by atoms with Gasteiger partial charge >= 0.3 is 0 Å². The van der Waals surface area contributed by atoms with Gasteiger partial charge in [0.2, 0.25) is 0 Å². The minimum absolute atomic E-state index is 0.205. The first-order chi connectivity index (χ1) is 10.2. The first-order valence-corrected chi connectivity index (χ1v) is 6.75. The number of hydrogen-bond donors (Lipinski definition) is 2. The molecule has 2 rings (SSSR count). The molecule has 2 heterocycles. The highest BCUT2D eigenvalue weighted by molar-refractivity contribution is 5.47. The van der Waals surface area contributed by atoms with Gasteiger partial charge in [-0.15, -0.1) is 0 Å². The Morgan fingerprint density at radius 2 is 2.00 bits per heavy atom. The van der Waals surface area contributed by atoms with E-state index in [1.54, 1.807) is 0 Å². The van der Waals surface area contributed by atoms with Crippen molar-refractivity contribution in [1.29, 1.82) is 5.26 Å². The Morgan fingerprint density at radius 1 is 1.24 bits per heavy atom. The minimum Gasteiger partial charge on any atom is -0.363 e. The number of nitriles is 1. The average molecular weight is 284 g/mol. The summed E-state index contributed by atoms with van der Waals surface area (Å²) in [5.74, 6) is 0.372. The Hall–Kier alpha value is -2.75. The van der Waals surface area contributed by atoms with E-state index in [4.69, 9.17) is 5.26 Å². The molecule has 2 aromatic rings. The number of anilines is 1. The van der Waals surface area contributed by atoms with Crippen LogP contribution in [0.2, 0.25) is 0 Å². The SMILES string of the molecule is CCc1n[nH]c(=O)c(CNc2nccnc2C#N)c1CC. The summed E-state index contributed by atoms with van der Waals surface area (Å²) in [6.07, 6.45) is 4.43. The van der Waals surface area contributed by atoms with Crippen molar-refractivity contribution in [3.63, 3.8) is 0 Å². The molecule has 0 amide bonds. The fourth-order valence-electron chi connectivity index (χ4n) is 2.18. The highest BCUT2D eigenvalue weighted by Gasteiger charge is 2.12. The molecule has 0 bridgehead atoms. The summed E-state index contributed by atoms with van der Waals surface area (Å²) in [5, 5.41) is 18.6. The fraction of sp³-hybridized carbons (Fsp3) is 0.357. The maximum atomic E-state index is 12.0. The van der Waals surface area contributed by atoms with Gasteiger partial charge in [-0.1, -0.05) is 13.8 Å². The van der Waals surface area contributed by atoms with Crippen LogP contribution < -0.4 is 10.9 Å². The molecule has 2 aromatic heterocycles. The predicted molar refractivity (Wildman–Crippen MR) is 77.7 cm³/mol. The van der Waals surface area contributed by atoms with E-state index in [0.717, 1.165) is 24.1 Å². The molecule has 0 aliphatic rings. The molecule has 0 radical (unpaired) electrons. The third-order valence-electron chi connectivity index (χ3n) is 3.20. The Morgan fingerprint density at radius 3 is 2.67 bits per heavy atom. The molecular weight excluding hydrogens is 268 g/mol. The number of nitrogens with one attached hydrogen (secondary N) is 2. The van der Waals surface area contributed by atoms with Crippen molar-refractivity contribution in [1.82, 2.24) is 20.2 Å². The fourth-order valence-corrected chi connectivity index (χ4v) is 2.18. The van der Waals surface area contributed by atoms with E-state index in [2.05, 4.69) is 25.5 Å². The minimum atomic E-state index is -0.223. The number of H-pyrrole nitrogens is 1. The van der Waals surface area contributed by atoms with Crippen molar-refractivity contribution in [2.45, 2.75) is 33.2 Å². The molecule has 2 N–H and O–H groups in total. The number of nitrogens with zero attached hydrogens (tertiary/aromatic N) is 4. The van der Waals surface area contributed by atoms with E-state index in [1.807, 2.05) is 19.9 Å². The highest BCUT2D eigenvalue weighted by Crippen LogP contribution is 2.13. The predicted octanol–water partition coefficient (Wildman–Crippen LogP) is 1.17. The number of aryl methyl sites for hydroxylation is 1. The molecule has 0 aliphatic heterocycles. The Bertz CT molecular complexity index is 731. The van der Waals surface area contributed by atoms with E-state index in [0.29, 0.717) is 11.4 Å². The highest BCUT2D eigenvalue weighted by atomic mass is 16.1. The molecule has 0 spiro atoms. The molecule has 0 aromatic carbocycles. The summed E-state index contributed by atoms with van der Waals surface area (Å²) in [7, 11) is 0. The van der Waals surface area contributed by atoms with Crippen molar-refractivity contribution in [3.8, 4) is 6.07 Å². The molecular formula is C14H16N6O. The lowest BCUT2D eigenvalue weighted by atomic mass is 10.0. The van der Waals surface area contributed by atoms with Crippen LogP contribution in [0.4, 0.5) is 5.82 Å². The topological polar surface area (TPSA) is 107 Å². The molecule has 0 unspecified atom stereocenters. The van der Waals surface area contributed by atoms with Gasteiger partial charge in [0.1, 0.15) is 6.07 Å². The summed E-state index contributed by atoms with van der Waals surface area (Å²) in [6.45, 7) is 4.26. The van der Waals surface area contributed by atoms with Gasteiger partial charge in [-0.25, -0.2) is 15.1 Å². The van der Waals surface area contributed by atoms with Crippen LogP contribution in [0.1, 0.15) is 36.4 Å². The number of aromatic nitrogens is 4. The summed E-state index contributed by atoms with van der Waals surface area (Å²) >= 11 is 0. The summed E-state index contributed by atoms with van der Waals surface area (Å²) in [6, 6.07) is 1.96. The lowest BCUT2D eigenvalue weighted by Crippen LogP contribution is -2.22. The molecule has 0 saturated heterocycles. The Labute approximate surface area is 122 Å². The van der Waals surface area contributed by atoms with Crippen LogP contribution in [0.25, 0.3) is 0 Å². The van der Waals surface area contributed by atoms with Gasteiger partial charge in [0.15, 0.2) is 11.5 Å². The van der Waals surface area contributed by atoms with Crippen molar-refractivity contribution >= 4 is 5.82 Å². The second-order valence-corrected chi connectivity index (χ2v) is 4.38. The van der Waals surface area contributed by atoms with Crippen LogP contribution in [0, 0.1) is 11.3 Å². The van der Waals surface area contributed by atoms with Crippen molar-refractivity contribution in [2.75, 3.05) is 5.32 Å². The zero-order valence-electron chi connectivity index (χ0n) is 12.0. The van der Waals surface area contributed by atoms with Gasteiger partial charge in [0, 0.05) is 24.5 Å². The van der Waals surface area contributed by atoms with E-state index in [1.165, 1.54) is 12.4 Å². The summed E-state index contributed by atoms with van der Waals surface area (Å²) in [5.41, 5.74) is 2.43. The van der Waals surface area contributed by atoms with Gasteiger partial charge in [-0.2, -0.15) is 10.4 Å². The molecule has 108 valence electrons. The van der Waals surface area contributed by atoms with Gasteiger partial charge in [0.25, 0.3) is 5.56 Å². The van der Waals surface area contributed by atoms with Gasteiger partial charge in [-0.05, 0) is 18.4 Å². The molecule has 0 atom stereocenters. The third-order valence-corrected chi connectivity index (χ3v) is 3.20. The van der Waals surface area contributed by atoms with E-state index >= 15 is 0 Å². The lowest BCUT2D eigenvalue weighted by molar-refractivity contribution is 0.825. The molecule has 7 nitrogen and oxygen atoms in total. The van der Waals surface area contributed by atoms with Crippen molar-refractivity contribution < 1.29 is 0 Å². The molecule has 0 aliphatic carbocycles. The standard InChI is InChI=1S/C14H16N6O/c1-3-9-10(14(21)20-19-11(9)4-2)8-18-13-12(7-15)16-5-6-17-13/h5-6H,3-4,8H2,1-2H3,(H,17,18)(H,20,21). The van der Waals surface area contributed by atoms with Crippen LogP contribution in [-0.2, 0) is 19.4 Å². The van der Waals surface area contributed by atoms with Gasteiger partial charge in [0.05, 0.1) is 5.69 Å². The first kappa shape index (κ1) is 14.7. The summed E-state index contributed by atoms with van der Waals surface area (Å²) < 4.78 is 0. The normalized spacial score (nSPS) is 10.1. The quantitative estimate of drug-likeness (QED) is 0.853.